The number of aryl methyl sites for hydroxylation is 1. The molecule has 0 saturated heterocycles. The third-order valence-corrected chi connectivity index (χ3v) is 3.53. The number of carbonyl (C=O) groups is 1. The first kappa shape index (κ1) is 14.0. The van der Waals surface area contributed by atoms with Gasteiger partial charge in [-0.05, 0) is 62.5 Å². The number of carbonyl (C=O) groups excluding carboxylic acids is 1. The molecule has 1 amide bonds. The minimum Gasteiger partial charge on any atom is -0.397 e. The molecule has 0 unspecified atom stereocenters. The van der Waals surface area contributed by atoms with Gasteiger partial charge in [-0.25, -0.2) is 0 Å². The maximum atomic E-state index is 12.1. The molecule has 2 aromatic rings. The van der Waals surface area contributed by atoms with E-state index in [0.29, 0.717) is 16.9 Å². The topological polar surface area (TPSA) is 68.0 Å². The van der Waals surface area contributed by atoms with E-state index in [2.05, 4.69) is 42.2 Å². The predicted octanol–water partition coefficient (Wildman–Crippen LogP) is 3.75. The Morgan fingerprint density at radius 2 is 2.00 bits per heavy atom. The van der Waals surface area contributed by atoms with Crippen LogP contribution in [0.5, 0.6) is 0 Å². The maximum Gasteiger partial charge on any atom is 0.257 e. The fourth-order valence-electron chi connectivity index (χ4n) is 1.62. The first-order valence-electron chi connectivity index (χ1n) is 5.45. The second kappa shape index (κ2) is 5.71. The molecule has 1 heterocycles. The highest BCUT2D eigenvalue weighted by Crippen LogP contribution is 2.30. The largest absolute Gasteiger partial charge is 0.397 e. The molecule has 0 atom stereocenters. The summed E-state index contributed by atoms with van der Waals surface area (Å²) >= 11 is 6.67. The zero-order valence-corrected chi connectivity index (χ0v) is 13.2. The number of nitrogen functional groups attached to an aromatic ring is 1. The lowest BCUT2D eigenvalue weighted by atomic mass is 10.2. The lowest BCUT2D eigenvalue weighted by Crippen LogP contribution is -2.14. The lowest BCUT2D eigenvalue weighted by Gasteiger charge is -2.11. The fourth-order valence-corrected chi connectivity index (χ4v) is 2.68. The molecule has 1 aromatic heterocycles. The molecular weight excluding hydrogens is 374 g/mol. The molecule has 0 saturated carbocycles. The Labute approximate surface area is 127 Å². The molecule has 0 aliphatic carbocycles. The summed E-state index contributed by atoms with van der Waals surface area (Å²) in [4.78, 5) is 16.1. The van der Waals surface area contributed by atoms with Crippen molar-refractivity contribution in [1.82, 2.24) is 4.98 Å². The molecule has 6 heteroatoms. The summed E-state index contributed by atoms with van der Waals surface area (Å²) < 4.78 is 1.50. The first-order valence-corrected chi connectivity index (χ1v) is 7.03. The number of rotatable bonds is 2. The highest BCUT2D eigenvalue weighted by Gasteiger charge is 2.12. The second-order valence-electron chi connectivity index (χ2n) is 4.06. The molecule has 2 rings (SSSR count). The summed E-state index contributed by atoms with van der Waals surface area (Å²) in [7, 11) is 0. The Hall–Kier alpha value is -1.40. The number of nitrogens with two attached hydrogens (primary N) is 1. The Bertz CT molecular complexity index is 621. The van der Waals surface area contributed by atoms with Gasteiger partial charge in [-0.3, -0.25) is 9.78 Å². The van der Waals surface area contributed by atoms with Crippen molar-refractivity contribution >= 4 is 49.1 Å². The van der Waals surface area contributed by atoms with Crippen molar-refractivity contribution in [3.63, 3.8) is 0 Å². The van der Waals surface area contributed by atoms with Crippen LogP contribution in [0.15, 0.2) is 39.5 Å². The summed E-state index contributed by atoms with van der Waals surface area (Å²) in [6.45, 7) is 1.94. The van der Waals surface area contributed by atoms with Crippen molar-refractivity contribution in [2.45, 2.75) is 6.92 Å². The number of nitrogens with one attached hydrogen (secondary N) is 1. The molecule has 0 radical (unpaired) electrons. The number of benzene rings is 1. The van der Waals surface area contributed by atoms with E-state index in [1.165, 1.54) is 6.20 Å². The van der Waals surface area contributed by atoms with E-state index < -0.39 is 0 Å². The van der Waals surface area contributed by atoms with Gasteiger partial charge in [0.25, 0.3) is 5.91 Å². The molecule has 19 heavy (non-hydrogen) atoms. The average molecular weight is 385 g/mol. The maximum absolute atomic E-state index is 12.1. The van der Waals surface area contributed by atoms with E-state index >= 15 is 0 Å². The summed E-state index contributed by atoms with van der Waals surface area (Å²) in [5.74, 6) is -0.259. The SMILES string of the molecule is Cc1cc(N)c(NC(=O)c2cncc(Br)c2)c(Br)c1. The van der Waals surface area contributed by atoms with Crippen LogP contribution in [0.2, 0.25) is 0 Å². The molecule has 4 nitrogen and oxygen atoms in total. The zero-order chi connectivity index (χ0) is 14.0. The second-order valence-corrected chi connectivity index (χ2v) is 5.83. The van der Waals surface area contributed by atoms with Gasteiger partial charge in [0.1, 0.15) is 0 Å². The standard InChI is InChI=1S/C13H11Br2N3O/c1-7-2-10(15)12(11(16)3-7)18-13(19)8-4-9(14)6-17-5-8/h2-6H,16H2,1H3,(H,18,19). The first-order chi connectivity index (χ1) is 8.97. The molecule has 98 valence electrons. The van der Waals surface area contributed by atoms with Gasteiger partial charge < -0.3 is 11.1 Å². The molecule has 3 N–H and O–H groups in total. The van der Waals surface area contributed by atoms with Crippen molar-refractivity contribution in [3.8, 4) is 0 Å². The quantitative estimate of drug-likeness (QED) is 0.774. The number of amides is 1. The van der Waals surface area contributed by atoms with E-state index in [4.69, 9.17) is 5.73 Å². The lowest BCUT2D eigenvalue weighted by molar-refractivity contribution is 0.102. The zero-order valence-electron chi connectivity index (χ0n) is 10.1. The van der Waals surface area contributed by atoms with Crippen molar-refractivity contribution in [1.29, 1.82) is 0 Å². The minimum atomic E-state index is -0.259. The third kappa shape index (κ3) is 3.33. The van der Waals surface area contributed by atoms with Gasteiger partial charge in [0, 0.05) is 21.3 Å². The van der Waals surface area contributed by atoms with Crippen LogP contribution in [0.25, 0.3) is 0 Å². The molecule has 0 aliphatic rings. The van der Waals surface area contributed by atoms with Crippen molar-refractivity contribution < 1.29 is 4.79 Å². The summed E-state index contributed by atoms with van der Waals surface area (Å²) in [6, 6.07) is 5.39. The number of halogens is 2. The highest BCUT2D eigenvalue weighted by atomic mass is 79.9. The molecule has 0 aliphatic heterocycles. The number of aromatic nitrogens is 1. The van der Waals surface area contributed by atoms with Gasteiger partial charge in [0.2, 0.25) is 0 Å². The van der Waals surface area contributed by atoms with Crippen molar-refractivity contribution in [3.05, 3.63) is 50.7 Å². The van der Waals surface area contributed by atoms with E-state index in [1.807, 2.05) is 13.0 Å². The van der Waals surface area contributed by atoms with Crippen LogP contribution < -0.4 is 11.1 Å². The van der Waals surface area contributed by atoms with Crippen LogP contribution in [-0.2, 0) is 0 Å². The van der Waals surface area contributed by atoms with Crippen LogP contribution in [0.3, 0.4) is 0 Å². The van der Waals surface area contributed by atoms with Crippen molar-refractivity contribution in [2.24, 2.45) is 0 Å². The summed E-state index contributed by atoms with van der Waals surface area (Å²) in [6.07, 6.45) is 3.12. The molecule has 0 spiro atoms. The number of anilines is 2. The highest BCUT2D eigenvalue weighted by molar-refractivity contribution is 9.10. The van der Waals surface area contributed by atoms with Gasteiger partial charge in [-0.15, -0.1) is 0 Å². The number of nitrogens with zero attached hydrogens (tertiary/aromatic N) is 1. The van der Waals surface area contributed by atoms with E-state index in [1.54, 1.807) is 18.3 Å². The predicted molar refractivity (Wildman–Crippen MR) is 83.2 cm³/mol. The minimum absolute atomic E-state index is 0.259. The average Bonchev–Trinajstić information content (AvgIpc) is 2.33. The smallest absolute Gasteiger partial charge is 0.257 e. The monoisotopic (exact) mass is 383 g/mol. The van der Waals surface area contributed by atoms with Crippen molar-refractivity contribution in [2.75, 3.05) is 11.1 Å². The van der Waals surface area contributed by atoms with Crippen LogP contribution in [0, 0.1) is 6.92 Å². The third-order valence-electron chi connectivity index (χ3n) is 2.47. The number of hydrogen-bond donors (Lipinski definition) is 2. The fraction of sp³-hybridized carbons (Fsp3) is 0.0769. The van der Waals surface area contributed by atoms with Crippen LogP contribution in [-0.4, -0.2) is 10.9 Å². The van der Waals surface area contributed by atoms with Crippen LogP contribution >= 0.6 is 31.9 Å². The molecular formula is C13H11Br2N3O. The van der Waals surface area contributed by atoms with E-state index in [-0.39, 0.29) is 5.91 Å². The summed E-state index contributed by atoms with van der Waals surface area (Å²) in [5, 5.41) is 2.78. The van der Waals surface area contributed by atoms with Gasteiger partial charge in [-0.2, -0.15) is 0 Å². The van der Waals surface area contributed by atoms with Crippen LogP contribution in [0.1, 0.15) is 15.9 Å². The summed E-state index contributed by atoms with van der Waals surface area (Å²) in [5.41, 5.74) is 8.47. The number of hydrogen-bond acceptors (Lipinski definition) is 3. The number of pyridine rings is 1. The van der Waals surface area contributed by atoms with Crippen LogP contribution in [0.4, 0.5) is 11.4 Å². The Morgan fingerprint density at radius 3 is 2.63 bits per heavy atom. The van der Waals surface area contributed by atoms with E-state index in [0.717, 1.165) is 14.5 Å². The van der Waals surface area contributed by atoms with Gasteiger partial charge in [-0.1, -0.05) is 0 Å². The Balaban J connectivity index is 2.29. The normalized spacial score (nSPS) is 10.3. The van der Waals surface area contributed by atoms with Gasteiger partial charge >= 0.3 is 0 Å². The van der Waals surface area contributed by atoms with Gasteiger partial charge in [0.05, 0.1) is 16.9 Å². The molecule has 0 fully saturated rings. The van der Waals surface area contributed by atoms with E-state index in [9.17, 15) is 4.79 Å². The Kier molecular flexibility index (Phi) is 4.21. The Morgan fingerprint density at radius 1 is 1.26 bits per heavy atom. The molecule has 0 bridgehead atoms. The van der Waals surface area contributed by atoms with Gasteiger partial charge in [0.15, 0.2) is 0 Å². The molecule has 1 aromatic carbocycles.